The van der Waals surface area contributed by atoms with E-state index < -0.39 is 5.79 Å². The SMILES string of the molecule is CC1(CC2CCSCC2)OCC(CCO)O1. The van der Waals surface area contributed by atoms with E-state index in [4.69, 9.17) is 14.6 Å². The summed E-state index contributed by atoms with van der Waals surface area (Å²) < 4.78 is 11.7. The van der Waals surface area contributed by atoms with Crippen molar-refractivity contribution in [3.05, 3.63) is 0 Å². The summed E-state index contributed by atoms with van der Waals surface area (Å²) in [4.78, 5) is 0. The molecule has 2 heterocycles. The molecule has 2 unspecified atom stereocenters. The van der Waals surface area contributed by atoms with Gasteiger partial charge in [-0.3, -0.25) is 0 Å². The van der Waals surface area contributed by atoms with Crippen molar-refractivity contribution in [2.75, 3.05) is 24.7 Å². The maximum absolute atomic E-state index is 8.88. The monoisotopic (exact) mass is 246 g/mol. The molecule has 1 N–H and O–H groups in total. The Bertz CT molecular complexity index is 218. The van der Waals surface area contributed by atoms with Gasteiger partial charge in [0.15, 0.2) is 5.79 Å². The van der Waals surface area contributed by atoms with Gasteiger partial charge in [0.05, 0.1) is 12.7 Å². The van der Waals surface area contributed by atoms with Crippen LogP contribution in [0.2, 0.25) is 0 Å². The summed E-state index contributed by atoms with van der Waals surface area (Å²) in [6.07, 6.45) is 4.37. The van der Waals surface area contributed by atoms with Gasteiger partial charge < -0.3 is 14.6 Å². The highest BCUT2D eigenvalue weighted by molar-refractivity contribution is 7.99. The minimum absolute atomic E-state index is 0.0907. The van der Waals surface area contributed by atoms with Crippen LogP contribution >= 0.6 is 11.8 Å². The molecule has 0 aromatic heterocycles. The lowest BCUT2D eigenvalue weighted by atomic mass is 9.94. The molecular formula is C12H22O3S. The molecule has 2 aliphatic heterocycles. The zero-order valence-corrected chi connectivity index (χ0v) is 10.8. The van der Waals surface area contributed by atoms with E-state index in [1.54, 1.807) is 0 Å². The fourth-order valence-corrected chi connectivity index (χ4v) is 3.76. The van der Waals surface area contributed by atoms with Crippen LogP contribution in [0.4, 0.5) is 0 Å². The molecule has 0 aromatic rings. The van der Waals surface area contributed by atoms with Gasteiger partial charge in [0.1, 0.15) is 0 Å². The number of hydrogen-bond donors (Lipinski definition) is 1. The predicted octanol–water partition coefficient (Wildman–Crippen LogP) is 2.03. The average Bonchev–Trinajstić information content (AvgIpc) is 2.62. The van der Waals surface area contributed by atoms with Crippen molar-refractivity contribution in [3.8, 4) is 0 Å². The second-order valence-corrected chi connectivity index (χ2v) is 6.18. The van der Waals surface area contributed by atoms with Crippen molar-refractivity contribution in [3.63, 3.8) is 0 Å². The molecule has 0 amide bonds. The highest BCUT2D eigenvalue weighted by Gasteiger charge is 2.38. The molecule has 4 heteroatoms. The van der Waals surface area contributed by atoms with Gasteiger partial charge in [-0.1, -0.05) is 0 Å². The second kappa shape index (κ2) is 5.71. The van der Waals surface area contributed by atoms with E-state index in [2.05, 4.69) is 0 Å². The first-order chi connectivity index (χ1) is 7.72. The van der Waals surface area contributed by atoms with E-state index in [0.717, 1.165) is 12.3 Å². The van der Waals surface area contributed by atoms with Crippen LogP contribution in [0.1, 0.15) is 32.6 Å². The molecule has 0 aromatic carbocycles. The molecule has 3 nitrogen and oxygen atoms in total. The highest BCUT2D eigenvalue weighted by Crippen LogP contribution is 2.35. The molecule has 2 saturated heterocycles. The third kappa shape index (κ3) is 3.36. The molecule has 0 spiro atoms. The van der Waals surface area contributed by atoms with E-state index in [-0.39, 0.29) is 12.7 Å². The molecule has 0 bridgehead atoms. The fourth-order valence-electron chi connectivity index (χ4n) is 2.56. The molecule has 0 saturated carbocycles. The number of thioether (sulfide) groups is 1. The minimum atomic E-state index is -0.396. The van der Waals surface area contributed by atoms with Crippen molar-refractivity contribution >= 4 is 11.8 Å². The highest BCUT2D eigenvalue weighted by atomic mass is 32.2. The van der Waals surface area contributed by atoms with Gasteiger partial charge in [-0.25, -0.2) is 0 Å². The van der Waals surface area contributed by atoms with Crippen LogP contribution in [0.5, 0.6) is 0 Å². The van der Waals surface area contributed by atoms with Crippen molar-refractivity contribution in [2.45, 2.75) is 44.5 Å². The quantitative estimate of drug-likeness (QED) is 0.824. The van der Waals surface area contributed by atoms with Crippen molar-refractivity contribution in [1.29, 1.82) is 0 Å². The third-order valence-electron chi connectivity index (χ3n) is 3.44. The molecule has 0 radical (unpaired) electrons. The molecule has 2 aliphatic rings. The number of hydrogen-bond acceptors (Lipinski definition) is 4. The summed E-state index contributed by atoms with van der Waals surface area (Å²) in [5, 5.41) is 8.88. The lowest BCUT2D eigenvalue weighted by Gasteiger charge is -2.30. The van der Waals surface area contributed by atoms with Gasteiger partial charge in [-0.05, 0) is 43.6 Å². The van der Waals surface area contributed by atoms with E-state index in [1.165, 1.54) is 24.3 Å². The van der Waals surface area contributed by atoms with Crippen LogP contribution in [0.3, 0.4) is 0 Å². The molecule has 94 valence electrons. The van der Waals surface area contributed by atoms with Gasteiger partial charge in [-0.2, -0.15) is 11.8 Å². The van der Waals surface area contributed by atoms with Crippen molar-refractivity contribution in [2.24, 2.45) is 5.92 Å². The lowest BCUT2D eigenvalue weighted by molar-refractivity contribution is -0.167. The average molecular weight is 246 g/mol. The predicted molar refractivity (Wildman–Crippen MR) is 65.6 cm³/mol. The van der Waals surface area contributed by atoms with Crippen LogP contribution in [0.25, 0.3) is 0 Å². The Kier molecular flexibility index (Phi) is 4.53. The Balaban J connectivity index is 1.79. The number of rotatable bonds is 4. The van der Waals surface area contributed by atoms with E-state index in [9.17, 15) is 0 Å². The smallest absolute Gasteiger partial charge is 0.166 e. The third-order valence-corrected chi connectivity index (χ3v) is 4.49. The fraction of sp³-hybridized carbons (Fsp3) is 1.00. The van der Waals surface area contributed by atoms with Gasteiger partial charge in [0.2, 0.25) is 0 Å². The normalized spacial score (nSPS) is 36.8. The first-order valence-corrected chi connectivity index (χ1v) is 7.38. The Hall–Kier alpha value is 0.230. The molecule has 2 atom stereocenters. The molecule has 0 aliphatic carbocycles. The molecule has 2 fully saturated rings. The summed E-state index contributed by atoms with van der Waals surface area (Å²) in [6.45, 7) is 2.87. The Morgan fingerprint density at radius 2 is 2.12 bits per heavy atom. The van der Waals surface area contributed by atoms with Crippen molar-refractivity contribution < 1.29 is 14.6 Å². The van der Waals surface area contributed by atoms with Gasteiger partial charge in [0.25, 0.3) is 0 Å². The molecule has 16 heavy (non-hydrogen) atoms. The maximum atomic E-state index is 8.88. The van der Waals surface area contributed by atoms with E-state index in [1.807, 2.05) is 18.7 Å². The molecular weight excluding hydrogens is 224 g/mol. The molecule has 2 rings (SSSR count). The number of aliphatic hydroxyl groups excluding tert-OH is 1. The summed E-state index contributed by atoms with van der Waals surface area (Å²) >= 11 is 2.05. The number of aliphatic hydroxyl groups is 1. The number of ether oxygens (including phenoxy) is 2. The maximum Gasteiger partial charge on any atom is 0.166 e. The summed E-state index contributed by atoms with van der Waals surface area (Å²) in [7, 11) is 0. The first-order valence-electron chi connectivity index (χ1n) is 6.22. The Morgan fingerprint density at radius 1 is 1.38 bits per heavy atom. The van der Waals surface area contributed by atoms with Crippen LogP contribution in [0, 0.1) is 5.92 Å². The first kappa shape index (κ1) is 12.7. The summed E-state index contributed by atoms with van der Waals surface area (Å²) in [5.41, 5.74) is 0. The van der Waals surface area contributed by atoms with Crippen LogP contribution in [-0.4, -0.2) is 41.7 Å². The standard InChI is InChI=1S/C12H22O3S/c1-12(8-10-3-6-16-7-4-10)14-9-11(15-12)2-5-13/h10-11,13H,2-9H2,1H3. The zero-order chi connectivity index (χ0) is 11.4. The van der Waals surface area contributed by atoms with Crippen LogP contribution in [-0.2, 0) is 9.47 Å². The Labute approximate surface area is 102 Å². The van der Waals surface area contributed by atoms with Gasteiger partial charge in [-0.15, -0.1) is 0 Å². The lowest BCUT2D eigenvalue weighted by Crippen LogP contribution is -2.31. The summed E-state index contributed by atoms with van der Waals surface area (Å²) in [6, 6.07) is 0. The zero-order valence-electron chi connectivity index (χ0n) is 9.98. The summed E-state index contributed by atoms with van der Waals surface area (Å²) in [5.74, 6) is 2.91. The van der Waals surface area contributed by atoms with Gasteiger partial charge >= 0.3 is 0 Å². The van der Waals surface area contributed by atoms with Gasteiger partial charge in [0, 0.05) is 13.0 Å². The second-order valence-electron chi connectivity index (χ2n) is 4.96. The minimum Gasteiger partial charge on any atom is -0.396 e. The van der Waals surface area contributed by atoms with E-state index >= 15 is 0 Å². The topological polar surface area (TPSA) is 38.7 Å². The van der Waals surface area contributed by atoms with Crippen LogP contribution < -0.4 is 0 Å². The van der Waals surface area contributed by atoms with Crippen molar-refractivity contribution in [1.82, 2.24) is 0 Å². The largest absolute Gasteiger partial charge is 0.396 e. The van der Waals surface area contributed by atoms with E-state index in [0.29, 0.717) is 13.0 Å². The Morgan fingerprint density at radius 3 is 2.81 bits per heavy atom. The van der Waals surface area contributed by atoms with Crippen LogP contribution in [0.15, 0.2) is 0 Å².